The summed E-state index contributed by atoms with van der Waals surface area (Å²) in [7, 11) is 0. The summed E-state index contributed by atoms with van der Waals surface area (Å²) in [6.07, 6.45) is -11.6. The summed E-state index contributed by atoms with van der Waals surface area (Å²) in [5.74, 6) is 0. The second-order valence-electron chi connectivity index (χ2n) is 10.8. The molecule has 0 radical (unpaired) electrons. The van der Waals surface area contributed by atoms with E-state index in [0.29, 0.717) is 23.3 Å². The maximum Gasteiger partial charge on any atom is 0.416 e. The van der Waals surface area contributed by atoms with Crippen molar-refractivity contribution < 1.29 is 45.7 Å². The second-order valence-corrected chi connectivity index (χ2v) is 10.8. The number of carbonyl (C=O) groups excluding carboxylic acids is 1. The van der Waals surface area contributed by atoms with Crippen LogP contribution in [0.2, 0.25) is 0 Å². The normalized spacial score (nSPS) is 21.8. The number of ether oxygens (including phenoxy) is 2. The van der Waals surface area contributed by atoms with E-state index in [2.05, 4.69) is 0 Å². The fourth-order valence-corrected chi connectivity index (χ4v) is 5.16. The lowest BCUT2D eigenvalue weighted by atomic mass is 9.75. The van der Waals surface area contributed by atoms with Gasteiger partial charge in [-0.2, -0.15) is 26.3 Å². The van der Waals surface area contributed by atoms with Crippen molar-refractivity contribution in [1.29, 1.82) is 0 Å². The van der Waals surface area contributed by atoms with E-state index in [4.69, 9.17) is 15.2 Å². The van der Waals surface area contributed by atoms with Gasteiger partial charge in [0.2, 0.25) is 0 Å². The van der Waals surface area contributed by atoms with E-state index in [0.717, 1.165) is 0 Å². The van der Waals surface area contributed by atoms with Gasteiger partial charge >= 0.3 is 18.4 Å². The Morgan fingerprint density at radius 1 is 0.930 bits per heavy atom. The summed E-state index contributed by atoms with van der Waals surface area (Å²) >= 11 is 0. The van der Waals surface area contributed by atoms with Crippen LogP contribution >= 0.6 is 0 Å². The summed E-state index contributed by atoms with van der Waals surface area (Å²) in [4.78, 5) is 15.0. The van der Waals surface area contributed by atoms with Gasteiger partial charge < -0.3 is 20.3 Å². The molecular weight excluding hydrogens is 578 g/mol. The Kier molecular flexibility index (Phi) is 9.43. The lowest BCUT2D eigenvalue weighted by Gasteiger charge is -2.52. The molecule has 3 aromatic rings. The fraction of sp³-hybridized carbons (Fsp3) is 0.387. The number of amides is 1. The Hall–Kier alpha value is -3.61. The highest BCUT2D eigenvalue weighted by Crippen LogP contribution is 2.43. The van der Waals surface area contributed by atoms with Crippen LogP contribution in [0, 0.1) is 0 Å². The highest BCUT2D eigenvalue weighted by Gasteiger charge is 2.51. The number of aliphatic hydroxyl groups excluding tert-OH is 1. The molecule has 12 heteroatoms. The van der Waals surface area contributed by atoms with Crippen LogP contribution in [0.3, 0.4) is 0 Å². The Bertz CT molecular complexity index is 1350. The minimum absolute atomic E-state index is 0.0585. The molecule has 0 aromatic heterocycles. The molecule has 1 fully saturated rings. The first kappa shape index (κ1) is 32.3. The van der Waals surface area contributed by atoms with Crippen LogP contribution in [0.1, 0.15) is 53.7 Å². The number of hydrogen-bond donors (Lipinski definition) is 2. The number of halogens is 6. The Labute approximate surface area is 245 Å². The van der Waals surface area contributed by atoms with E-state index in [9.17, 15) is 36.2 Å². The monoisotopic (exact) mass is 610 g/mol. The first-order valence-electron chi connectivity index (χ1n) is 13.5. The summed E-state index contributed by atoms with van der Waals surface area (Å²) in [6.45, 7) is 0.376. The van der Waals surface area contributed by atoms with Crippen LogP contribution in [-0.4, -0.2) is 41.4 Å². The van der Waals surface area contributed by atoms with Gasteiger partial charge in [0.15, 0.2) is 0 Å². The molecule has 43 heavy (non-hydrogen) atoms. The highest BCUT2D eigenvalue weighted by molar-refractivity contribution is 5.70. The molecule has 0 aliphatic carbocycles. The Morgan fingerprint density at radius 2 is 1.49 bits per heavy atom. The van der Waals surface area contributed by atoms with Gasteiger partial charge in [0, 0.05) is 6.54 Å². The maximum atomic E-state index is 13.6. The number of benzene rings is 3. The van der Waals surface area contributed by atoms with Crippen LogP contribution in [-0.2, 0) is 34.0 Å². The van der Waals surface area contributed by atoms with E-state index >= 15 is 0 Å². The third-order valence-electron chi connectivity index (χ3n) is 7.73. The number of nitrogens with zero attached hydrogens (tertiary/aromatic N) is 1. The highest BCUT2D eigenvalue weighted by atomic mass is 19.4. The summed E-state index contributed by atoms with van der Waals surface area (Å²) < 4.78 is 92.7. The molecule has 1 aliphatic heterocycles. The van der Waals surface area contributed by atoms with Gasteiger partial charge in [-0.3, -0.25) is 4.90 Å². The van der Waals surface area contributed by atoms with Gasteiger partial charge in [-0.25, -0.2) is 4.79 Å². The maximum absolute atomic E-state index is 13.6. The Balaban J connectivity index is 1.70. The predicted octanol–water partition coefficient (Wildman–Crippen LogP) is 6.82. The average molecular weight is 611 g/mol. The van der Waals surface area contributed by atoms with E-state index in [1.807, 2.05) is 0 Å². The zero-order chi connectivity index (χ0) is 31.5. The third-order valence-corrected chi connectivity index (χ3v) is 7.73. The molecule has 4 rings (SSSR count). The van der Waals surface area contributed by atoms with Crippen molar-refractivity contribution in [2.24, 2.45) is 5.73 Å². The molecule has 1 amide bonds. The second kappa shape index (κ2) is 12.6. The average Bonchev–Trinajstić information content (AvgIpc) is 2.99. The van der Waals surface area contributed by atoms with Crippen molar-refractivity contribution in [3.63, 3.8) is 0 Å². The number of alkyl halides is 6. The topological polar surface area (TPSA) is 85.0 Å². The summed E-state index contributed by atoms with van der Waals surface area (Å²) in [5, 5.41) is 10.0. The molecule has 1 saturated heterocycles. The third kappa shape index (κ3) is 7.49. The summed E-state index contributed by atoms with van der Waals surface area (Å²) in [6, 6.07) is 18.9. The van der Waals surface area contributed by atoms with Crippen molar-refractivity contribution in [3.8, 4) is 0 Å². The number of hydrogen-bond acceptors (Lipinski definition) is 5. The molecule has 0 unspecified atom stereocenters. The van der Waals surface area contributed by atoms with Crippen molar-refractivity contribution in [3.05, 3.63) is 107 Å². The van der Waals surface area contributed by atoms with E-state index in [1.54, 1.807) is 60.7 Å². The molecular formula is C31H32F6N2O4. The zero-order valence-corrected chi connectivity index (χ0v) is 23.3. The molecule has 3 aromatic carbocycles. The van der Waals surface area contributed by atoms with Crippen molar-refractivity contribution in [2.75, 3.05) is 19.8 Å². The van der Waals surface area contributed by atoms with Crippen LogP contribution in [0.25, 0.3) is 0 Å². The molecule has 1 heterocycles. The minimum atomic E-state index is -5.02. The standard InChI is InChI=1S/C31H32F6N2O4/c1-21(23-14-25(30(32,33)34)16-26(15-23)31(35,36)37)43-20-29(24-10-6-3-7-11-24)13-12-28(38,19-40)18-39(29)27(41)42-17-22-8-4-2-5-9-22/h2-11,14-16,21,40H,12-13,17-20,38H2,1H3/t21-,28-,29-/m1/s1. The molecule has 0 saturated carbocycles. The number of piperidine rings is 1. The molecule has 3 atom stereocenters. The van der Waals surface area contributed by atoms with Crippen molar-refractivity contribution in [1.82, 2.24) is 4.90 Å². The zero-order valence-electron chi connectivity index (χ0n) is 23.3. The number of carbonyl (C=O) groups is 1. The molecule has 0 spiro atoms. The molecule has 0 bridgehead atoms. The lowest BCUT2D eigenvalue weighted by Crippen LogP contribution is -2.66. The first-order valence-corrected chi connectivity index (χ1v) is 13.5. The largest absolute Gasteiger partial charge is 0.445 e. The number of rotatable bonds is 8. The van der Waals surface area contributed by atoms with Crippen LogP contribution in [0.4, 0.5) is 31.1 Å². The molecule has 3 N–H and O–H groups in total. The quantitative estimate of drug-likeness (QED) is 0.274. The van der Waals surface area contributed by atoms with Crippen LogP contribution in [0.5, 0.6) is 0 Å². The molecule has 232 valence electrons. The number of nitrogens with two attached hydrogens (primary N) is 1. The number of aliphatic hydroxyl groups is 1. The van der Waals surface area contributed by atoms with Gasteiger partial charge in [-0.05, 0) is 54.7 Å². The van der Waals surface area contributed by atoms with Gasteiger partial charge in [-0.15, -0.1) is 0 Å². The van der Waals surface area contributed by atoms with Crippen molar-refractivity contribution >= 4 is 6.09 Å². The fourth-order valence-electron chi connectivity index (χ4n) is 5.16. The first-order chi connectivity index (χ1) is 20.2. The molecule has 6 nitrogen and oxygen atoms in total. The van der Waals surface area contributed by atoms with Crippen LogP contribution in [0.15, 0.2) is 78.9 Å². The lowest BCUT2D eigenvalue weighted by molar-refractivity contribution is -0.143. The van der Waals surface area contributed by atoms with E-state index < -0.39 is 53.4 Å². The van der Waals surface area contributed by atoms with Crippen LogP contribution < -0.4 is 5.73 Å². The Morgan fingerprint density at radius 3 is 2.02 bits per heavy atom. The SMILES string of the molecule is C[C@@H](OC[C@@]1(c2ccccc2)CC[C@](N)(CO)CN1C(=O)OCc1ccccc1)c1cc(C(F)(F)F)cc(C(F)(F)F)c1. The van der Waals surface area contributed by atoms with Gasteiger partial charge in [0.05, 0.1) is 41.5 Å². The summed E-state index contributed by atoms with van der Waals surface area (Å²) in [5.41, 5.74) is 2.03. The van der Waals surface area contributed by atoms with E-state index in [1.165, 1.54) is 11.8 Å². The minimum Gasteiger partial charge on any atom is -0.445 e. The smallest absolute Gasteiger partial charge is 0.416 e. The van der Waals surface area contributed by atoms with Crippen molar-refractivity contribution in [2.45, 2.75) is 55.9 Å². The van der Waals surface area contributed by atoms with E-state index in [-0.39, 0.29) is 44.2 Å². The number of likely N-dealkylation sites (tertiary alicyclic amines) is 1. The van der Waals surface area contributed by atoms with Gasteiger partial charge in [-0.1, -0.05) is 60.7 Å². The predicted molar refractivity (Wildman–Crippen MR) is 146 cm³/mol. The van der Waals surface area contributed by atoms with Gasteiger partial charge in [0.1, 0.15) is 6.61 Å². The van der Waals surface area contributed by atoms with Gasteiger partial charge in [0.25, 0.3) is 0 Å². The molecule has 1 aliphatic rings.